The van der Waals surface area contributed by atoms with E-state index in [1.54, 1.807) is 6.07 Å². The molecule has 1 rings (SSSR count). The Hall–Kier alpha value is -2.17. The molecular formula is C11H11NO4. The number of nitrogens with zero attached hydrogens (tertiary/aromatic N) is 1. The molecule has 0 heterocycles. The second kappa shape index (κ2) is 4.57. The van der Waals surface area contributed by atoms with Gasteiger partial charge in [0.05, 0.1) is 16.1 Å². The number of ketones is 1. The lowest BCUT2D eigenvalue weighted by atomic mass is 10.00. The molecule has 0 aliphatic rings. The van der Waals surface area contributed by atoms with Crippen molar-refractivity contribution in [1.82, 2.24) is 0 Å². The molecule has 0 aliphatic carbocycles. The van der Waals surface area contributed by atoms with Crippen LogP contribution in [0.5, 0.6) is 0 Å². The first-order valence-electron chi connectivity index (χ1n) is 4.59. The lowest BCUT2D eigenvalue weighted by Crippen LogP contribution is -2.03. The molecule has 0 atom stereocenters. The van der Waals surface area contributed by atoms with Crippen molar-refractivity contribution in [3.63, 3.8) is 0 Å². The number of carbonyl (C=O) groups excluding carboxylic acids is 1. The van der Waals surface area contributed by atoms with E-state index in [1.165, 1.54) is 32.0 Å². The predicted molar refractivity (Wildman–Crippen MR) is 59.0 cm³/mol. The Labute approximate surface area is 92.2 Å². The first kappa shape index (κ1) is 11.9. The van der Waals surface area contributed by atoms with Gasteiger partial charge in [0.2, 0.25) is 0 Å². The lowest BCUT2D eigenvalue weighted by molar-refractivity contribution is -0.385. The molecule has 5 nitrogen and oxygen atoms in total. The van der Waals surface area contributed by atoms with E-state index < -0.39 is 10.7 Å². The van der Waals surface area contributed by atoms with Crippen LogP contribution in [0.2, 0.25) is 0 Å². The summed E-state index contributed by atoms with van der Waals surface area (Å²) in [5.74, 6) is -0.629. The smallest absolute Gasteiger partial charge is 0.277 e. The van der Waals surface area contributed by atoms with Gasteiger partial charge in [0.1, 0.15) is 5.76 Å². The summed E-state index contributed by atoms with van der Waals surface area (Å²) in [7, 11) is 0. The third-order valence-electron chi connectivity index (χ3n) is 2.08. The van der Waals surface area contributed by atoms with Crippen molar-refractivity contribution in [3.8, 4) is 0 Å². The first-order valence-corrected chi connectivity index (χ1v) is 4.59. The molecule has 0 fully saturated rings. The fourth-order valence-corrected chi connectivity index (χ4v) is 1.48. The zero-order valence-electron chi connectivity index (χ0n) is 8.93. The summed E-state index contributed by atoms with van der Waals surface area (Å²) in [5.41, 5.74) is -0.0756. The van der Waals surface area contributed by atoms with Crippen LogP contribution >= 0.6 is 0 Å². The van der Waals surface area contributed by atoms with Crippen LogP contribution in [0, 0.1) is 10.1 Å². The molecule has 0 saturated heterocycles. The normalized spacial score (nSPS) is 11.9. The Morgan fingerprint density at radius 2 is 1.88 bits per heavy atom. The molecule has 0 bridgehead atoms. The summed E-state index contributed by atoms with van der Waals surface area (Å²) in [5, 5.41) is 20.1. The van der Waals surface area contributed by atoms with Crippen molar-refractivity contribution in [2.75, 3.05) is 0 Å². The van der Waals surface area contributed by atoms with Crippen molar-refractivity contribution in [1.29, 1.82) is 0 Å². The van der Waals surface area contributed by atoms with E-state index in [1.807, 2.05) is 0 Å². The minimum atomic E-state index is -0.582. The zero-order valence-corrected chi connectivity index (χ0v) is 8.93. The maximum absolute atomic E-state index is 11.3. The lowest BCUT2D eigenvalue weighted by Gasteiger charge is -2.05. The highest BCUT2D eigenvalue weighted by atomic mass is 16.6. The van der Waals surface area contributed by atoms with Crippen LogP contribution in [0.4, 0.5) is 5.69 Å². The van der Waals surface area contributed by atoms with Gasteiger partial charge < -0.3 is 5.11 Å². The number of hydrogen-bond donors (Lipinski definition) is 1. The number of Topliss-reactive ketones (excluding diaryl/α,β-unsaturated/α-hetero) is 1. The zero-order chi connectivity index (χ0) is 12.3. The van der Waals surface area contributed by atoms with E-state index in [-0.39, 0.29) is 22.6 Å². The molecule has 0 aromatic heterocycles. The minimum Gasteiger partial charge on any atom is -0.512 e. The van der Waals surface area contributed by atoms with Crippen LogP contribution in [-0.4, -0.2) is 15.8 Å². The molecule has 1 aromatic rings. The van der Waals surface area contributed by atoms with Crippen LogP contribution in [0.3, 0.4) is 0 Å². The number of benzene rings is 1. The Morgan fingerprint density at radius 1 is 1.31 bits per heavy atom. The van der Waals surface area contributed by atoms with Crippen molar-refractivity contribution in [2.45, 2.75) is 13.8 Å². The van der Waals surface area contributed by atoms with Gasteiger partial charge in [-0.15, -0.1) is 0 Å². The van der Waals surface area contributed by atoms with Crippen molar-refractivity contribution in [2.24, 2.45) is 0 Å². The number of hydrogen-bond acceptors (Lipinski definition) is 4. The van der Waals surface area contributed by atoms with E-state index in [2.05, 4.69) is 0 Å². The highest BCUT2D eigenvalue weighted by Gasteiger charge is 2.20. The van der Waals surface area contributed by atoms with Crippen LogP contribution in [0.25, 0.3) is 5.57 Å². The molecule has 16 heavy (non-hydrogen) atoms. The fourth-order valence-electron chi connectivity index (χ4n) is 1.48. The van der Waals surface area contributed by atoms with Gasteiger partial charge >= 0.3 is 0 Å². The topological polar surface area (TPSA) is 80.4 Å². The third-order valence-corrected chi connectivity index (χ3v) is 2.08. The van der Waals surface area contributed by atoms with E-state index in [9.17, 15) is 20.0 Å². The van der Waals surface area contributed by atoms with Crippen LogP contribution in [-0.2, 0) is 4.79 Å². The van der Waals surface area contributed by atoms with E-state index >= 15 is 0 Å². The molecule has 1 aromatic carbocycles. The first-order chi connectivity index (χ1) is 7.45. The molecular weight excluding hydrogens is 210 g/mol. The number of aliphatic hydroxyl groups excluding tert-OH is 1. The molecule has 0 aliphatic heterocycles. The quantitative estimate of drug-likeness (QED) is 0.368. The summed E-state index contributed by atoms with van der Waals surface area (Å²) < 4.78 is 0. The molecule has 0 radical (unpaired) electrons. The number of aliphatic hydroxyl groups is 1. The van der Waals surface area contributed by atoms with Gasteiger partial charge in [-0.05, 0) is 19.9 Å². The Morgan fingerprint density at radius 3 is 2.31 bits per heavy atom. The van der Waals surface area contributed by atoms with Gasteiger partial charge in [0, 0.05) is 6.07 Å². The maximum atomic E-state index is 11.3. The summed E-state index contributed by atoms with van der Waals surface area (Å²) in [6.07, 6.45) is 0. The number of allylic oxidation sites excluding steroid dienone is 2. The van der Waals surface area contributed by atoms with Gasteiger partial charge in [-0.1, -0.05) is 12.1 Å². The Balaban J connectivity index is 3.49. The Kier molecular flexibility index (Phi) is 3.40. The number of rotatable bonds is 3. The summed E-state index contributed by atoms with van der Waals surface area (Å²) in [6, 6.07) is 5.82. The van der Waals surface area contributed by atoms with Crippen molar-refractivity contribution < 1.29 is 14.8 Å². The second-order valence-corrected chi connectivity index (χ2v) is 3.29. The van der Waals surface area contributed by atoms with E-state index in [0.29, 0.717) is 0 Å². The van der Waals surface area contributed by atoms with Crippen LogP contribution < -0.4 is 0 Å². The summed E-state index contributed by atoms with van der Waals surface area (Å²) in [4.78, 5) is 21.5. The van der Waals surface area contributed by atoms with Gasteiger partial charge in [0.25, 0.3) is 5.69 Å². The van der Waals surface area contributed by atoms with Gasteiger partial charge in [0.15, 0.2) is 5.78 Å². The van der Waals surface area contributed by atoms with Crippen molar-refractivity contribution in [3.05, 3.63) is 45.7 Å². The van der Waals surface area contributed by atoms with E-state index in [0.717, 1.165) is 0 Å². The molecule has 0 unspecified atom stereocenters. The van der Waals surface area contributed by atoms with Crippen molar-refractivity contribution >= 4 is 17.0 Å². The van der Waals surface area contributed by atoms with E-state index in [4.69, 9.17) is 0 Å². The second-order valence-electron chi connectivity index (χ2n) is 3.29. The number of carbonyl (C=O) groups is 1. The Bertz CT molecular complexity index is 473. The molecule has 1 N–H and O–H groups in total. The molecule has 0 spiro atoms. The highest BCUT2D eigenvalue weighted by molar-refractivity contribution is 6.21. The third kappa shape index (κ3) is 2.25. The SMILES string of the molecule is CC(=O)/C(=C(\C)O)c1ccccc1[N+](=O)[O-]. The standard InChI is InChI=1S/C11H11NO4/c1-7(13)11(8(2)14)9-5-3-4-6-10(9)12(15)16/h3-6,13H,1-2H3/b11-7-. The average molecular weight is 221 g/mol. The summed E-state index contributed by atoms with van der Waals surface area (Å²) >= 11 is 0. The van der Waals surface area contributed by atoms with Gasteiger partial charge in [-0.25, -0.2) is 0 Å². The van der Waals surface area contributed by atoms with Crippen LogP contribution in [0.15, 0.2) is 30.0 Å². The number of nitro groups is 1. The molecule has 84 valence electrons. The summed E-state index contributed by atoms with van der Waals surface area (Å²) in [6.45, 7) is 2.58. The fraction of sp³-hybridized carbons (Fsp3) is 0.182. The molecule has 0 amide bonds. The highest BCUT2D eigenvalue weighted by Crippen LogP contribution is 2.27. The maximum Gasteiger partial charge on any atom is 0.277 e. The largest absolute Gasteiger partial charge is 0.512 e. The minimum absolute atomic E-state index is 0.0210. The average Bonchev–Trinajstić information content (AvgIpc) is 2.17. The van der Waals surface area contributed by atoms with Crippen LogP contribution in [0.1, 0.15) is 19.4 Å². The predicted octanol–water partition coefficient (Wildman–Crippen LogP) is 2.47. The number of nitro benzene ring substituents is 1. The van der Waals surface area contributed by atoms with Gasteiger partial charge in [-0.3, -0.25) is 14.9 Å². The molecule has 0 saturated carbocycles. The monoisotopic (exact) mass is 221 g/mol. The van der Waals surface area contributed by atoms with Gasteiger partial charge in [-0.2, -0.15) is 0 Å². The molecule has 5 heteroatoms. The number of para-hydroxylation sites is 1.